The van der Waals surface area contributed by atoms with Gasteiger partial charge in [-0.15, -0.1) is 13.2 Å². The summed E-state index contributed by atoms with van der Waals surface area (Å²) < 4.78 is 45.3. The molecule has 0 amide bonds. The molecule has 0 bridgehead atoms. The van der Waals surface area contributed by atoms with Crippen molar-refractivity contribution in [1.82, 2.24) is 9.97 Å². The number of rotatable bonds is 2. The van der Waals surface area contributed by atoms with Gasteiger partial charge in [-0.25, -0.2) is 14.8 Å². The van der Waals surface area contributed by atoms with E-state index in [4.69, 9.17) is 0 Å². The van der Waals surface area contributed by atoms with E-state index in [9.17, 15) is 18.0 Å². The third-order valence-electron chi connectivity index (χ3n) is 2.45. The first-order valence-electron chi connectivity index (χ1n) is 6.15. The third kappa shape index (κ3) is 5.00. The SMILES string of the molecule is COC(=O)c1cc(C#Cc2ncccn2)cc(OC(F)(F)F)c1. The van der Waals surface area contributed by atoms with Crippen LogP contribution in [0.15, 0.2) is 36.7 Å². The molecule has 0 saturated heterocycles. The number of benzene rings is 1. The summed E-state index contributed by atoms with van der Waals surface area (Å²) in [7, 11) is 1.11. The van der Waals surface area contributed by atoms with E-state index < -0.39 is 18.1 Å². The summed E-state index contributed by atoms with van der Waals surface area (Å²) in [6, 6.07) is 4.85. The van der Waals surface area contributed by atoms with Crippen LogP contribution in [-0.2, 0) is 4.74 Å². The van der Waals surface area contributed by atoms with Crippen LogP contribution in [0.2, 0.25) is 0 Å². The largest absolute Gasteiger partial charge is 0.573 e. The summed E-state index contributed by atoms with van der Waals surface area (Å²) in [6.07, 6.45) is -1.94. The van der Waals surface area contributed by atoms with Crippen molar-refractivity contribution < 1.29 is 27.4 Å². The molecule has 0 saturated carbocycles. The lowest BCUT2D eigenvalue weighted by atomic mass is 10.1. The topological polar surface area (TPSA) is 61.3 Å². The van der Waals surface area contributed by atoms with E-state index in [1.165, 1.54) is 18.5 Å². The maximum Gasteiger partial charge on any atom is 0.573 e. The van der Waals surface area contributed by atoms with Crippen LogP contribution in [0.25, 0.3) is 0 Å². The van der Waals surface area contributed by atoms with Crippen molar-refractivity contribution in [2.24, 2.45) is 0 Å². The summed E-state index contributed by atoms with van der Waals surface area (Å²) in [4.78, 5) is 19.2. The zero-order valence-electron chi connectivity index (χ0n) is 11.7. The first kappa shape index (κ1) is 16.3. The number of nitrogens with zero attached hydrogens (tertiary/aromatic N) is 2. The van der Waals surface area contributed by atoms with Crippen LogP contribution < -0.4 is 4.74 Å². The summed E-state index contributed by atoms with van der Waals surface area (Å²) in [6.45, 7) is 0. The van der Waals surface area contributed by atoms with E-state index in [0.29, 0.717) is 0 Å². The highest BCUT2D eigenvalue weighted by atomic mass is 19.4. The number of carbonyl (C=O) groups excluding carboxylic acids is 1. The lowest BCUT2D eigenvalue weighted by molar-refractivity contribution is -0.274. The van der Waals surface area contributed by atoms with Gasteiger partial charge in [0.05, 0.1) is 12.7 Å². The van der Waals surface area contributed by atoms with E-state index in [1.54, 1.807) is 6.07 Å². The summed E-state index contributed by atoms with van der Waals surface area (Å²) in [5, 5.41) is 0. The quantitative estimate of drug-likeness (QED) is 0.628. The van der Waals surface area contributed by atoms with Gasteiger partial charge < -0.3 is 9.47 Å². The molecule has 0 unspecified atom stereocenters. The monoisotopic (exact) mass is 322 g/mol. The van der Waals surface area contributed by atoms with Gasteiger partial charge in [-0.3, -0.25) is 0 Å². The molecule has 5 nitrogen and oxygen atoms in total. The van der Waals surface area contributed by atoms with E-state index in [0.717, 1.165) is 19.2 Å². The van der Waals surface area contributed by atoms with Gasteiger partial charge in [0, 0.05) is 18.0 Å². The number of hydrogen-bond donors (Lipinski definition) is 0. The lowest BCUT2D eigenvalue weighted by Crippen LogP contribution is -2.17. The molecule has 8 heteroatoms. The average molecular weight is 322 g/mol. The molecule has 2 aromatic rings. The molecule has 0 aliphatic rings. The van der Waals surface area contributed by atoms with Crippen molar-refractivity contribution in [2.45, 2.75) is 6.36 Å². The summed E-state index contributed by atoms with van der Waals surface area (Å²) in [5.41, 5.74) is 0.00660. The molecule has 23 heavy (non-hydrogen) atoms. The van der Waals surface area contributed by atoms with E-state index in [2.05, 4.69) is 31.3 Å². The van der Waals surface area contributed by atoms with Crippen LogP contribution >= 0.6 is 0 Å². The Bertz CT molecular complexity index is 765. The van der Waals surface area contributed by atoms with Gasteiger partial charge in [0.1, 0.15) is 5.75 Å². The number of esters is 1. The molecular weight excluding hydrogens is 313 g/mol. The maximum atomic E-state index is 12.3. The van der Waals surface area contributed by atoms with Crippen molar-refractivity contribution in [3.8, 4) is 17.6 Å². The number of methoxy groups -OCH3 is 1. The van der Waals surface area contributed by atoms with E-state index >= 15 is 0 Å². The van der Waals surface area contributed by atoms with Gasteiger partial charge in [-0.1, -0.05) is 5.92 Å². The highest BCUT2D eigenvalue weighted by molar-refractivity contribution is 5.90. The number of ether oxygens (including phenoxy) is 2. The van der Waals surface area contributed by atoms with Crippen LogP contribution in [0.1, 0.15) is 21.7 Å². The molecule has 0 atom stereocenters. The predicted octanol–water partition coefficient (Wildman–Crippen LogP) is 2.56. The lowest BCUT2D eigenvalue weighted by Gasteiger charge is -2.10. The highest BCUT2D eigenvalue weighted by Gasteiger charge is 2.31. The maximum absolute atomic E-state index is 12.3. The van der Waals surface area contributed by atoms with Gasteiger partial charge in [0.15, 0.2) is 0 Å². The van der Waals surface area contributed by atoms with Crippen LogP contribution in [0.4, 0.5) is 13.2 Å². The second kappa shape index (κ2) is 6.79. The molecule has 2 rings (SSSR count). The Morgan fingerprint density at radius 3 is 2.43 bits per heavy atom. The Kier molecular flexibility index (Phi) is 4.81. The minimum absolute atomic E-state index is 0.118. The fraction of sp³-hybridized carbons (Fsp3) is 0.133. The summed E-state index contributed by atoms with van der Waals surface area (Å²) in [5.74, 6) is 3.96. The Morgan fingerprint density at radius 1 is 1.13 bits per heavy atom. The standard InChI is InChI=1S/C15H9F3N2O3/c1-22-14(21)11-7-10(3-4-13-19-5-2-6-20-13)8-12(9-11)23-15(16,17)18/h2,5-9H,1H3. The number of hydrogen-bond acceptors (Lipinski definition) is 5. The number of carbonyl (C=O) groups is 1. The molecule has 1 aromatic carbocycles. The van der Waals surface area contributed by atoms with Crippen molar-refractivity contribution >= 4 is 5.97 Å². The normalized spacial score (nSPS) is 10.4. The number of halogens is 3. The summed E-state index contributed by atoms with van der Waals surface area (Å²) >= 11 is 0. The molecule has 0 fully saturated rings. The second-order valence-electron chi connectivity index (χ2n) is 4.11. The average Bonchev–Trinajstić information content (AvgIpc) is 2.51. The smallest absolute Gasteiger partial charge is 0.465 e. The van der Waals surface area contributed by atoms with Crippen LogP contribution in [0.3, 0.4) is 0 Å². The molecule has 0 radical (unpaired) electrons. The Hall–Kier alpha value is -3.08. The Morgan fingerprint density at radius 2 is 1.83 bits per heavy atom. The van der Waals surface area contributed by atoms with Crippen molar-refractivity contribution in [3.63, 3.8) is 0 Å². The minimum Gasteiger partial charge on any atom is -0.465 e. The Balaban J connectivity index is 2.40. The first-order valence-corrected chi connectivity index (χ1v) is 6.15. The molecular formula is C15H9F3N2O3. The number of aromatic nitrogens is 2. The van der Waals surface area contributed by atoms with Crippen molar-refractivity contribution in [3.05, 3.63) is 53.6 Å². The second-order valence-corrected chi connectivity index (χ2v) is 4.11. The van der Waals surface area contributed by atoms with Crippen LogP contribution in [0, 0.1) is 11.8 Å². The molecule has 0 aliphatic heterocycles. The highest BCUT2D eigenvalue weighted by Crippen LogP contribution is 2.25. The predicted molar refractivity (Wildman–Crippen MR) is 72.5 cm³/mol. The van der Waals surface area contributed by atoms with Gasteiger partial charge in [-0.05, 0) is 30.2 Å². The van der Waals surface area contributed by atoms with Crippen LogP contribution in [-0.4, -0.2) is 29.4 Å². The van der Waals surface area contributed by atoms with Crippen LogP contribution in [0.5, 0.6) is 5.75 Å². The molecule has 118 valence electrons. The third-order valence-corrected chi connectivity index (χ3v) is 2.45. The minimum atomic E-state index is -4.89. The Labute approximate surface area is 129 Å². The fourth-order valence-electron chi connectivity index (χ4n) is 1.59. The molecule has 0 aliphatic carbocycles. The van der Waals surface area contributed by atoms with Crippen molar-refractivity contribution in [2.75, 3.05) is 7.11 Å². The van der Waals surface area contributed by atoms with E-state index in [-0.39, 0.29) is 17.0 Å². The number of alkyl halides is 3. The zero-order valence-corrected chi connectivity index (χ0v) is 11.7. The van der Waals surface area contributed by atoms with Gasteiger partial charge in [0.2, 0.25) is 5.82 Å². The fourth-order valence-corrected chi connectivity index (χ4v) is 1.59. The zero-order chi connectivity index (χ0) is 16.9. The van der Waals surface area contributed by atoms with Crippen molar-refractivity contribution in [1.29, 1.82) is 0 Å². The van der Waals surface area contributed by atoms with Gasteiger partial charge in [0.25, 0.3) is 0 Å². The molecule has 1 aromatic heterocycles. The first-order chi connectivity index (χ1) is 10.9. The van der Waals surface area contributed by atoms with Gasteiger partial charge in [-0.2, -0.15) is 0 Å². The molecule has 0 N–H and O–H groups in total. The van der Waals surface area contributed by atoms with E-state index in [1.807, 2.05) is 0 Å². The van der Waals surface area contributed by atoms with Gasteiger partial charge >= 0.3 is 12.3 Å². The molecule has 0 spiro atoms. The molecule has 1 heterocycles.